The Morgan fingerprint density at radius 1 is 1.38 bits per heavy atom. The van der Waals surface area contributed by atoms with E-state index in [0.29, 0.717) is 18.8 Å². The molecule has 7 nitrogen and oxygen atoms in total. The number of carboxylic acid groups (broad SMARTS) is 1. The zero-order valence-electron chi connectivity index (χ0n) is 13.0. The van der Waals surface area contributed by atoms with Crippen molar-refractivity contribution >= 4 is 12.1 Å². The van der Waals surface area contributed by atoms with E-state index in [4.69, 9.17) is 19.3 Å². The summed E-state index contributed by atoms with van der Waals surface area (Å²) in [5, 5.41) is 11.5. The number of carboxylic acids is 1. The topological polar surface area (TPSA) is 94.1 Å². The Balaban J connectivity index is 2.31. The number of hydrogen-bond donors (Lipinski definition) is 2. The zero-order chi connectivity index (χ0) is 16.0. The van der Waals surface area contributed by atoms with E-state index in [2.05, 4.69) is 5.32 Å². The first kappa shape index (κ1) is 17.7. The van der Waals surface area contributed by atoms with E-state index in [9.17, 15) is 9.59 Å². The van der Waals surface area contributed by atoms with Gasteiger partial charge in [-0.2, -0.15) is 0 Å². The number of nitrogens with one attached hydrogen (secondary N) is 1. The molecule has 1 rings (SSSR count). The summed E-state index contributed by atoms with van der Waals surface area (Å²) < 4.78 is 15.2. The van der Waals surface area contributed by atoms with E-state index in [-0.39, 0.29) is 12.9 Å². The van der Waals surface area contributed by atoms with Crippen LogP contribution in [0.2, 0.25) is 0 Å². The lowest BCUT2D eigenvalue weighted by molar-refractivity contribution is -0.139. The Morgan fingerprint density at radius 2 is 2.05 bits per heavy atom. The Bertz CT molecular complexity index is 365. The summed E-state index contributed by atoms with van der Waals surface area (Å²) in [6.07, 6.45) is 1.37. The summed E-state index contributed by atoms with van der Waals surface area (Å²) in [5.41, 5.74) is -0.650. The van der Waals surface area contributed by atoms with Crippen LogP contribution in [0.1, 0.15) is 40.0 Å². The van der Waals surface area contributed by atoms with Gasteiger partial charge in [0.05, 0.1) is 6.10 Å². The zero-order valence-corrected chi connectivity index (χ0v) is 13.0. The number of carbonyl (C=O) groups is 2. The van der Waals surface area contributed by atoms with E-state index >= 15 is 0 Å². The number of ether oxygens (including phenoxy) is 3. The summed E-state index contributed by atoms with van der Waals surface area (Å²) in [5.74, 6) is -0.724. The molecule has 1 amide bonds. The highest BCUT2D eigenvalue weighted by atomic mass is 16.7. The van der Waals surface area contributed by atoms with E-state index in [0.717, 1.165) is 6.42 Å². The molecule has 0 bridgehead atoms. The van der Waals surface area contributed by atoms with Gasteiger partial charge < -0.3 is 24.6 Å². The SMILES string of the molecule is COCO[C@@H]1CC1CC[C@@H](NC(=O)OC(C)(C)C)C(=O)O. The molecule has 0 spiro atoms. The van der Waals surface area contributed by atoms with Crippen LogP contribution < -0.4 is 5.32 Å². The maximum absolute atomic E-state index is 11.6. The average molecular weight is 303 g/mol. The Kier molecular flexibility index (Phi) is 6.42. The third-order valence-corrected chi connectivity index (χ3v) is 3.07. The van der Waals surface area contributed by atoms with Gasteiger partial charge in [-0.3, -0.25) is 0 Å². The van der Waals surface area contributed by atoms with Gasteiger partial charge in [0.15, 0.2) is 0 Å². The molecule has 1 saturated carbocycles. The summed E-state index contributed by atoms with van der Waals surface area (Å²) in [6.45, 7) is 5.43. The molecular formula is C14H25NO6. The van der Waals surface area contributed by atoms with E-state index < -0.39 is 23.7 Å². The molecule has 122 valence electrons. The van der Waals surface area contributed by atoms with E-state index in [1.54, 1.807) is 27.9 Å². The number of alkyl carbamates (subject to hydrolysis) is 1. The van der Waals surface area contributed by atoms with Gasteiger partial charge in [0.1, 0.15) is 18.4 Å². The summed E-state index contributed by atoms with van der Waals surface area (Å²) >= 11 is 0. The second-order valence-electron chi connectivity index (χ2n) is 6.22. The predicted octanol–water partition coefficient (Wildman–Crippen LogP) is 1.75. The van der Waals surface area contributed by atoms with Gasteiger partial charge in [0.25, 0.3) is 0 Å². The number of carbonyl (C=O) groups excluding carboxylic acids is 1. The molecule has 0 aromatic carbocycles. The highest BCUT2D eigenvalue weighted by Gasteiger charge is 2.38. The number of methoxy groups -OCH3 is 1. The molecule has 0 aromatic rings. The van der Waals surface area contributed by atoms with Crippen LogP contribution in [-0.2, 0) is 19.0 Å². The molecule has 21 heavy (non-hydrogen) atoms. The summed E-state index contributed by atoms with van der Waals surface area (Å²) in [7, 11) is 1.56. The monoisotopic (exact) mass is 303 g/mol. The van der Waals surface area contributed by atoms with Gasteiger partial charge in [0.2, 0.25) is 0 Å². The van der Waals surface area contributed by atoms with Crippen LogP contribution in [-0.4, -0.2) is 48.8 Å². The third-order valence-electron chi connectivity index (χ3n) is 3.07. The van der Waals surface area contributed by atoms with Crippen LogP contribution in [0.5, 0.6) is 0 Å². The Labute approximate surface area is 124 Å². The van der Waals surface area contributed by atoms with E-state index in [1.807, 2.05) is 0 Å². The number of rotatable bonds is 8. The number of aliphatic carboxylic acids is 1. The summed E-state index contributed by atoms with van der Waals surface area (Å²) in [4.78, 5) is 22.8. The van der Waals surface area contributed by atoms with Crippen LogP contribution in [0.3, 0.4) is 0 Å². The van der Waals surface area contributed by atoms with Crippen molar-refractivity contribution in [3.63, 3.8) is 0 Å². The largest absolute Gasteiger partial charge is 0.480 e. The van der Waals surface area contributed by atoms with Crippen molar-refractivity contribution in [3.05, 3.63) is 0 Å². The highest BCUT2D eigenvalue weighted by molar-refractivity contribution is 5.79. The first-order chi connectivity index (χ1) is 9.73. The van der Waals surface area contributed by atoms with Crippen LogP contribution >= 0.6 is 0 Å². The van der Waals surface area contributed by atoms with Crippen LogP contribution in [0, 0.1) is 5.92 Å². The molecular weight excluding hydrogens is 278 g/mol. The van der Waals surface area contributed by atoms with Crippen molar-refractivity contribution in [1.82, 2.24) is 5.32 Å². The molecule has 3 atom stereocenters. The van der Waals surface area contributed by atoms with Crippen molar-refractivity contribution in [2.75, 3.05) is 13.9 Å². The molecule has 7 heteroatoms. The third kappa shape index (κ3) is 7.29. The molecule has 1 unspecified atom stereocenters. The minimum Gasteiger partial charge on any atom is -0.480 e. The van der Waals surface area contributed by atoms with Gasteiger partial charge in [0, 0.05) is 7.11 Å². The first-order valence-electron chi connectivity index (χ1n) is 7.06. The minimum atomic E-state index is -1.06. The molecule has 0 heterocycles. The second kappa shape index (κ2) is 7.61. The fraction of sp³-hybridized carbons (Fsp3) is 0.857. The van der Waals surface area contributed by atoms with Gasteiger partial charge >= 0.3 is 12.1 Å². The van der Waals surface area contributed by atoms with Crippen molar-refractivity contribution < 1.29 is 28.9 Å². The van der Waals surface area contributed by atoms with Crippen molar-refractivity contribution in [3.8, 4) is 0 Å². The van der Waals surface area contributed by atoms with E-state index in [1.165, 1.54) is 0 Å². The normalized spacial score (nSPS) is 22.5. The standard InChI is InChI=1S/C14H25NO6/c1-14(2,3)21-13(18)15-10(12(16)17)6-5-9-7-11(9)20-8-19-4/h9-11H,5-8H2,1-4H3,(H,15,18)(H,16,17)/t9?,10-,11-/m1/s1. The lowest BCUT2D eigenvalue weighted by atomic mass is 10.1. The maximum Gasteiger partial charge on any atom is 0.408 e. The molecule has 1 aliphatic carbocycles. The number of amides is 1. The molecule has 1 aliphatic rings. The lowest BCUT2D eigenvalue weighted by Crippen LogP contribution is -2.43. The fourth-order valence-electron chi connectivity index (χ4n) is 1.97. The maximum atomic E-state index is 11.6. The number of hydrogen-bond acceptors (Lipinski definition) is 5. The van der Waals surface area contributed by atoms with Gasteiger partial charge in [-0.1, -0.05) is 0 Å². The minimum absolute atomic E-state index is 0.140. The molecule has 1 fully saturated rings. The fourth-order valence-corrected chi connectivity index (χ4v) is 1.97. The quantitative estimate of drug-likeness (QED) is 0.663. The van der Waals surface area contributed by atoms with Gasteiger partial charge in [-0.05, 0) is 46.0 Å². The predicted molar refractivity (Wildman–Crippen MR) is 74.9 cm³/mol. The lowest BCUT2D eigenvalue weighted by Gasteiger charge is -2.22. The Hall–Kier alpha value is -1.34. The van der Waals surface area contributed by atoms with Crippen LogP contribution in [0.4, 0.5) is 4.79 Å². The average Bonchev–Trinajstić information content (AvgIpc) is 3.07. The van der Waals surface area contributed by atoms with Crippen molar-refractivity contribution in [2.24, 2.45) is 5.92 Å². The molecule has 0 aliphatic heterocycles. The molecule has 0 radical (unpaired) electrons. The van der Waals surface area contributed by atoms with Crippen LogP contribution in [0.15, 0.2) is 0 Å². The van der Waals surface area contributed by atoms with Crippen LogP contribution in [0.25, 0.3) is 0 Å². The van der Waals surface area contributed by atoms with Crippen molar-refractivity contribution in [1.29, 1.82) is 0 Å². The summed E-state index contributed by atoms with van der Waals surface area (Å²) in [6, 6.07) is -0.941. The smallest absolute Gasteiger partial charge is 0.408 e. The van der Waals surface area contributed by atoms with Gasteiger partial charge in [-0.15, -0.1) is 0 Å². The van der Waals surface area contributed by atoms with Crippen molar-refractivity contribution in [2.45, 2.75) is 57.8 Å². The molecule has 0 saturated heterocycles. The Morgan fingerprint density at radius 3 is 2.57 bits per heavy atom. The first-order valence-corrected chi connectivity index (χ1v) is 7.06. The molecule has 0 aromatic heterocycles. The second-order valence-corrected chi connectivity index (χ2v) is 6.22. The van der Waals surface area contributed by atoms with Gasteiger partial charge in [-0.25, -0.2) is 9.59 Å². The highest BCUT2D eigenvalue weighted by Crippen LogP contribution is 2.37. The molecule has 2 N–H and O–H groups in total.